The van der Waals surface area contributed by atoms with E-state index in [-0.39, 0.29) is 11.1 Å². The number of carboxylic acid groups (broad SMARTS) is 2. The van der Waals surface area contributed by atoms with Crippen LogP contribution in [0.15, 0.2) is 84.9 Å². The molecule has 0 aliphatic rings. The number of aryl methyl sites for hydroxylation is 1. The van der Waals surface area contributed by atoms with E-state index in [9.17, 15) is 19.8 Å². The molecule has 0 radical (unpaired) electrons. The van der Waals surface area contributed by atoms with Crippen molar-refractivity contribution in [1.29, 1.82) is 0 Å². The average Bonchev–Trinajstić information content (AvgIpc) is 2.91. The van der Waals surface area contributed by atoms with Crippen molar-refractivity contribution >= 4 is 11.9 Å². The Morgan fingerprint density at radius 1 is 0.667 bits per heavy atom. The van der Waals surface area contributed by atoms with Crippen LogP contribution in [0.3, 0.4) is 0 Å². The molecule has 0 spiro atoms. The molecule has 0 aliphatic heterocycles. The third-order valence-electron chi connectivity index (χ3n) is 6.62. The smallest absolute Gasteiger partial charge is 0.336 e. The van der Waals surface area contributed by atoms with Gasteiger partial charge >= 0.3 is 11.9 Å². The highest BCUT2D eigenvalue weighted by molar-refractivity contribution is 6.05. The summed E-state index contributed by atoms with van der Waals surface area (Å²) in [7, 11) is 0. The molecule has 36 heavy (non-hydrogen) atoms. The van der Waals surface area contributed by atoms with Crippen molar-refractivity contribution in [2.24, 2.45) is 0 Å². The van der Waals surface area contributed by atoms with Crippen molar-refractivity contribution in [2.75, 3.05) is 0 Å². The second-order valence-corrected chi connectivity index (χ2v) is 8.84. The van der Waals surface area contributed by atoms with Gasteiger partial charge < -0.3 is 10.2 Å². The SMILES string of the molecule is CCCCc1c(-c2ccccc2)cc(CC)c(-c2ccccc2C(=O)O)c1-c1ccccc1C(=O)O. The van der Waals surface area contributed by atoms with Gasteiger partial charge in [-0.05, 0) is 75.9 Å². The van der Waals surface area contributed by atoms with E-state index in [1.807, 2.05) is 42.5 Å². The Hall–Kier alpha value is -4.18. The highest BCUT2D eigenvalue weighted by atomic mass is 16.4. The topological polar surface area (TPSA) is 74.6 Å². The zero-order valence-corrected chi connectivity index (χ0v) is 20.6. The average molecular weight is 479 g/mol. The molecule has 0 heterocycles. The first-order chi connectivity index (χ1) is 17.5. The van der Waals surface area contributed by atoms with E-state index >= 15 is 0 Å². The number of carbonyl (C=O) groups is 2. The molecule has 4 rings (SSSR count). The van der Waals surface area contributed by atoms with Gasteiger partial charge in [0, 0.05) is 0 Å². The summed E-state index contributed by atoms with van der Waals surface area (Å²) in [4.78, 5) is 24.6. The lowest BCUT2D eigenvalue weighted by molar-refractivity contribution is 0.0686. The minimum Gasteiger partial charge on any atom is -0.478 e. The molecular weight excluding hydrogens is 448 g/mol. The van der Waals surface area contributed by atoms with E-state index in [1.165, 1.54) is 0 Å². The van der Waals surface area contributed by atoms with Crippen LogP contribution < -0.4 is 0 Å². The Labute approximate surface area is 211 Å². The summed E-state index contributed by atoms with van der Waals surface area (Å²) in [6.45, 7) is 4.18. The van der Waals surface area contributed by atoms with Crippen LogP contribution >= 0.6 is 0 Å². The summed E-state index contributed by atoms with van der Waals surface area (Å²) in [5.74, 6) is -2.01. The Kier molecular flexibility index (Phi) is 7.65. The Balaban J connectivity index is 2.23. The number of hydrogen-bond acceptors (Lipinski definition) is 2. The van der Waals surface area contributed by atoms with Gasteiger partial charge in [0.1, 0.15) is 0 Å². The lowest BCUT2D eigenvalue weighted by Crippen LogP contribution is -2.08. The molecule has 0 amide bonds. The van der Waals surface area contributed by atoms with Gasteiger partial charge in [0.05, 0.1) is 11.1 Å². The Bertz CT molecular complexity index is 1400. The highest BCUT2D eigenvalue weighted by Crippen LogP contribution is 2.45. The highest BCUT2D eigenvalue weighted by Gasteiger charge is 2.26. The van der Waals surface area contributed by atoms with Crippen LogP contribution in [0.2, 0.25) is 0 Å². The molecule has 0 atom stereocenters. The van der Waals surface area contributed by atoms with E-state index in [0.29, 0.717) is 17.5 Å². The van der Waals surface area contributed by atoms with Crippen molar-refractivity contribution < 1.29 is 19.8 Å². The van der Waals surface area contributed by atoms with Crippen molar-refractivity contribution in [1.82, 2.24) is 0 Å². The molecule has 0 saturated heterocycles. The van der Waals surface area contributed by atoms with Gasteiger partial charge in [0.2, 0.25) is 0 Å². The van der Waals surface area contributed by atoms with E-state index in [0.717, 1.165) is 52.6 Å². The van der Waals surface area contributed by atoms with Crippen LogP contribution in [0, 0.1) is 0 Å². The molecule has 0 aliphatic carbocycles. The molecular formula is C32H30O4. The van der Waals surface area contributed by atoms with Gasteiger partial charge in [0.25, 0.3) is 0 Å². The third-order valence-corrected chi connectivity index (χ3v) is 6.62. The molecule has 0 fully saturated rings. The van der Waals surface area contributed by atoms with Gasteiger partial charge in [-0.2, -0.15) is 0 Å². The number of benzene rings is 4. The monoisotopic (exact) mass is 478 g/mol. The number of unbranched alkanes of at least 4 members (excludes halogenated alkanes) is 1. The van der Waals surface area contributed by atoms with Crippen molar-refractivity contribution in [3.05, 3.63) is 107 Å². The summed E-state index contributed by atoms with van der Waals surface area (Å²) in [5.41, 5.74) is 7.39. The fraction of sp³-hybridized carbons (Fsp3) is 0.188. The molecule has 0 unspecified atom stereocenters. The Morgan fingerprint density at radius 3 is 1.72 bits per heavy atom. The molecule has 4 heteroatoms. The second kappa shape index (κ2) is 11.0. The minimum atomic E-state index is -1.01. The zero-order valence-electron chi connectivity index (χ0n) is 20.6. The third kappa shape index (κ3) is 4.80. The van der Waals surface area contributed by atoms with Crippen LogP contribution in [0.5, 0.6) is 0 Å². The van der Waals surface area contributed by atoms with Crippen LogP contribution in [0.1, 0.15) is 58.5 Å². The maximum atomic E-state index is 12.4. The number of hydrogen-bond donors (Lipinski definition) is 2. The molecule has 4 aromatic rings. The number of rotatable bonds is 9. The summed E-state index contributed by atoms with van der Waals surface area (Å²) >= 11 is 0. The molecule has 4 nitrogen and oxygen atoms in total. The first-order valence-corrected chi connectivity index (χ1v) is 12.4. The first-order valence-electron chi connectivity index (χ1n) is 12.4. The lowest BCUT2D eigenvalue weighted by Gasteiger charge is -2.25. The van der Waals surface area contributed by atoms with E-state index in [1.54, 1.807) is 24.3 Å². The molecule has 0 bridgehead atoms. The predicted octanol–water partition coefficient (Wildman–Crippen LogP) is 7.99. The van der Waals surface area contributed by atoms with Crippen LogP contribution in [-0.2, 0) is 12.8 Å². The number of aromatic carboxylic acids is 2. The molecule has 2 N–H and O–H groups in total. The maximum absolute atomic E-state index is 12.4. The quantitative estimate of drug-likeness (QED) is 0.256. The van der Waals surface area contributed by atoms with Gasteiger partial charge in [-0.1, -0.05) is 93.1 Å². The van der Waals surface area contributed by atoms with Gasteiger partial charge in [-0.25, -0.2) is 9.59 Å². The van der Waals surface area contributed by atoms with Crippen LogP contribution in [-0.4, -0.2) is 22.2 Å². The van der Waals surface area contributed by atoms with E-state index in [2.05, 4.69) is 32.0 Å². The second-order valence-electron chi connectivity index (χ2n) is 8.84. The van der Waals surface area contributed by atoms with Crippen molar-refractivity contribution in [3.8, 4) is 33.4 Å². The summed E-state index contributed by atoms with van der Waals surface area (Å²) in [5, 5.41) is 20.2. The normalized spacial score (nSPS) is 10.8. The molecule has 4 aromatic carbocycles. The first kappa shape index (κ1) is 24.9. The van der Waals surface area contributed by atoms with Gasteiger partial charge in [-0.3, -0.25) is 0 Å². The maximum Gasteiger partial charge on any atom is 0.336 e. The Morgan fingerprint density at radius 2 is 1.19 bits per heavy atom. The molecule has 182 valence electrons. The van der Waals surface area contributed by atoms with E-state index < -0.39 is 11.9 Å². The molecule has 0 aromatic heterocycles. The number of carboxylic acids is 2. The minimum absolute atomic E-state index is 0.204. The largest absolute Gasteiger partial charge is 0.478 e. The standard InChI is InChI=1S/C32H30O4/c1-3-5-15-25-28(22-13-7-6-8-14-22)20-21(4-2)29(23-16-9-11-18-26(23)31(33)34)30(25)24-17-10-12-19-27(24)32(35)36/h6-14,16-20H,3-5,15H2,1-2H3,(H,33,34)(H,35,36). The fourth-order valence-electron chi connectivity index (χ4n) is 4.93. The van der Waals surface area contributed by atoms with Crippen molar-refractivity contribution in [2.45, 2.75) is 39.5 Å². The van der Waals surface area contributed by atoms with Crippen LogP contribution in [0.4, 0.5) is 0 Å². The van der Waals surface area contributed by atoms with Crippen LogP contribution in [0.25, 0.3) is 33.4 Å². The van der Waals surface area contributed by atoms with Crippen molar-refractivity contribution in [3.63, 3.8) is 0 Å². The zero-order chi connectivity index (χ0) is 25.7. The van der Waals surface area contributed by atoms with E-state index in [4.69, 9.17) is 0 Å². The fourth-order valence-corrected chi connectivity index (χ4v) is 4.93. The summed E-state index contributed by atoms with van der Waals surface area (Å²) in [6.07, 6.45) is 3.31. The molecule has 0 saturated carbocycles. The summed E-state index contributed by atoms with van der Waals surface area (Å²) in [6, 6.07) is 26.3. The summed E-state index contributed by atoms with van der Waals surface area (Å²) < 4.78 is 0. The van der Waals surface area contributed by atoms with Gasteiger partial charge in [-0.15, -0.1) is 0 Å². The lowest BCUT2D eigenvalue weighted by atomic mass is 9.78. The predicted molar refractivity (Wildman–Crippen MR) is 145 cm³/mol. The van der Waals surface area contributed by atoms with Gasteiger partial charge in [0.15, 0.2) is 0 Å².